The van der Waals surface area contributed by atoms with Gasteiger partial charge >= 0.3 is 0 Å². The van der Waals surface area contributed by atoms with Crippen LogP contribution >= 0.6 is 0 Å². The smallest absolute Gasteiger partial charge is 0.221 e. The van der Waals surface area contributed by atoms with Crippen LogP contribution in [0, 0.1) is 0 Å². The average molecular weight is 178 g/mol. The van der Waals surface area contributed by atoms with Crippen molar-refractivity contribution < 1.29 is 0 Å². The summed E-state index contributed by atoms with van der Waals surface area (Å²) in [4.78, 5) is 7.82. The molecule has 1 unspecified atom stereocenters. The largest absolute Gasteiger partial charge is 0.368 e. The predicted octanol–water partition coefficient (Wildman–Crippen LogP) is 1.44. The fourth-order valence-corrected chi connectivity index (χ4v) is 1.02. The van der Waals surface area contributed by atoms with Crippen LogP contribution in [0.3, 0.4) is 0 Å². The molecule has 3 N–H and O–H groups in total. The van der Waals surface area contributed by atoms with E-state index in [0.29, 0.717) is 6.04 Å². The first kappa shape index (κ1) is 9.51. The number of nitrogens with zero attached hydrogens (tertiary/aromatic N) is 2. The van der Waals surface area contributed by atoms with Crippen molar-refractivity contribution in [2.45, 2.75) is 19.4 Å². The Hall–Kier alpha value is -1.58. The molecule has 0 saturated heterocycles. The first-order valence-corrected chi connectivity index (χ1v) is 4.18. The molecule has 70 valence electrons. The van der Waals surface area contributed by atoms with Crippen LogP contribution in [0.15, 0.2) is 24.9 Å². The fraction of sp³-hybridized carbons (Fsp3) is 0.333. The van der Waals surface area contributed by atoms with Gasteiger partial charge in [-0.3, -0.25) is 0 Å². The van der Waals surface area contributed by atoms with Crippen LogP contribution in [-0.4, -0.2) is 16.0 Å². The number of nitrogens with two attached hydrogens (primary N) is 1. The number of nitrogen functional groups attached to an aromatic ring is 1. The summed E-state index contributed by atoms with van der Waals surface area (Å²) in [6.07, 6.45) is 4.39. The van der Waals surface area contributed by atoms with Crippen LogP contribution in [-0.2, 0) is 0 Å². The van der Waals surface area contributed by atoms with Gasteiger partial charge in [0.2, 0.25) is 5.95 Å². The highest BCUT2D eigenvalue weighted by atomic mass is 15.1. The number of hydrogen-bond acceptors (Lipinski definition) is 4. The second-order valence-corrected chi connectivity index (χ2v) is 2.87. The quantitative estimate of drug-likeness (QED) is 0.685. The highest BCUT2D eigenvalue weighted by Crippen LogP contribution is 2.06. The van der Waals surface area contributed by atoms with Crippen molar-refractivity contribution in [1.82, 2.24) is 9.97 Å². The van der Waals surface area contributed by atoms with Crippen LogP contribution in [0.2, 0.25) is 0 Å². The maximum Gasteiger partial charge on any atom is 0.221 e. The van der Waals surface area contributed by atoms with Crippen LogP contribution < -0.4 is 11.1 Å². The van der Waals surface area contributed by atoms with E-state index in [0.717, 1.165) is 12.2 Å². The normalized spacial score (nSPS) is 12.1. The highest BCUT2D eigenvalue weighted by Gasteiger charge is 2.00. The highest BCUT2D eigenvalue weighted by molar-refractivity contribution is 5.38. The maximum absolute atomic E-state index is 5.43. The standard InChI is InChI=1S/C9H14N4/c1-3-4-7(2)12-8-5-6-11-9(10)13-8/h3,5-7H,1,4H2,2H3,(H3,10,11,12,13). The molecule has 0 aliphatic heterocycles. The van der Waals surface area contributed by atoms with E-state index >= 15 is 0 Å². The van der Waals surface area contributed by atoms with E-state index in [1.165, 1.54) is 0 Å². The van der Waals surface area contributed by atoms with E-state index in [4.69, 9.17) is 5.73 Å². The number of rotatable bonds is 4. The van der Waals surface area contributed by atoms with Crippen LogP contribution in [0.1, 0.15) is 13.3 Å². The van der Waals surface area contributed by atoms with Gasteiger partial charge in [-0.15, -0.1) is 6.58 Å². The van der Waals surface area contributed by atoms with Crippen molar-refractivity contribution in [1.29, 1.82) is 0 Å². The average Bonchev–Trinajstić information content (AvgIpc) is 2.04. The van der Waals surface area contributed by atoms with Gasteiger partial charge in [-0.2, -0.15) is 4.98 Å². The molecule has 0 amide bonds. The molecule has 1 atom stereocenters. The van der Waals surface area contributed by atoms with Gasteiger partial charge in [-0.1, -0.05) is 6.08 Å². The van der Waals surface area contributed by atoms with E-state index < -0.39 is 0 Å². The maximum atomic E-state index is 5.43. The summed E-state index contributed by atoms with van der Waals surface area (Å²) in [5.74, 6) is 1.04. The Kier molecular flexibility index (Phi) is 3.25. The molecule has 1 aromatic heterocycles. The van der Waals surface area contributed by atoms with Crippen molar-refractivity contribution in [3.63, 3.8) is 0 Å². The lowest BCUT2D eigenvalue weighted by molar-refractivity contribution is 0.807. The molecule has 1 rings (SSSR count). The zero-order valence-corrected chi connectivity index (χ0v) is 7.70. The minimum absolute atomic E-state index is 0.288. The van der Waals surface area contributed by atoms with Gasteiger partial charge in [0.15, 0.2) is 0 Å². The summed E-state index contributed by atoms with van der Waals surface area (Å²) in [5, 5.41) is 3.18. The van der Waals surface area contributed by atoms with E-state index in [2.05, 4.69) is 28.8 Å². The van der Waals surface area contributed by atoms with Crippen molar-refractivity contribution in [3.05, 3.63) is 24.9 Å². The Morgan fingerprint density at radius 1 is 1.77 bits per heavy atom. The summed E-state index contributed by atoms with van der Waals surface area (Å²) in [5.41, 5.74) is 5.43. The first-order valence-electron chi connectivity index (χ1n) is 4.18. The molecule has 0 saturated carbocycles. The van der Waals surface area contributed by atoms with Crippen LogP contribution in [0.4, 0.5) is 11.8 Å². The number of anilines is 2. The Morgan fingerprint density at radius 2 is 2.54 bits per heavy atom. The van der Waals surface area contributed by atoms with Gasteiger partial charge in [-0.25, -0.2) is 4.98 Å². The third-order valence-corrected chi connectivity index (χ3v) is 1.59. The molecule has 0 bridgehead atoms. The van der Waals surface area contributed by atoms with Crippen LogP contribution in [0.25, 0.3) is 0 Å². The van der Waals surface area contributed by atoms with Gasteiger partial charge in [0.05, 0.1) is 0 Å². The molecule has 13 heavy (non-hydrogen) atoms. The van der Waals surface area contributed by atoms with Gasteiger partial charge < -0.3 is 11.1 Å². The Balaban J connectivity index is 2.58. The molecule has 4 heteroatoms. The SMILES string of the molecule is C=CCC(C)Nc1ccnc(N)n1. The zero-order chi connectivity index (χ0) is 9.68. The second-order valence-electron chi connectivity index (χ2n) is 2.87. The molecule has 0 radical (unpaired) electrons. The molecule has 0 spiro atoms. The molecule has 1 heterocycles. The lowest BCUT2D eigenvalue weighted by Crippen LogP contribution is -2.15. The van der Waals surface area contributed by atoms with E-state index in [1.807, 2.05) is 6.08 Å². The predicted molar refractivity (Wildman–Crippen MR) is 54.3 cm³/mol. The summed E-state index contributed by atoms with van der Waals surface area (Å²) < 4.78 is 0. The number of aromatic nitrogens is 2. The zero-order valence-electron chi connectivity index (χ0n) is 7.70. The molecule has 1 aromatic rings. The lowest BCUT2D eigenvalue weighted by Gasteiger charge is -2.11. The second kappa shape index (κ2) is 4.45. The van der Waals surface area contributed by atoms with Gasteiger partial charge in [0, 0.05) is 12.2 Å². The number of nitrogens with one attached hydrogen (secondary N) is 1. The molecular weight excluding hydrogens is 164 g/mol. The molecule has 0 aliphatic carbocycles. The van der Waals surface area contributed by atoms with Crippen molar-refractivity contribution in [3.8, 4) is 0 Å². The Bertz CT molecular complexity index is 285. The van der Waals surface area contributed by atoms with Gasteiger partial charge in [0.25, 0.3) is 0 Å². The van der Waals surface area contributed by atoms with Crippen molar-refractivity contribution in [2.24, 2.45) is 0 Å². The molecular formula is C9H14N4. The monoisotopic (exact) mass is 178 g/mol. The fourth-order valence-electron chi connectivity index (χ4n) is 1.02. The lowest BCUT2D eigenvalue weighted by atomic mass is 10.2. The minimum atomic E-state index is 0.288. The minimum Gasteiger partial charge on any atom is -0.368 e. The third kappa shape index (κ3) is 3.11. The summed E-state index contributed by atoms with van der Waals surface area (Å²) in [6, 6.07) is 2.10. The molecule has 4 nitrogen and oxygen atoms in total. The number of hydrogen-bond donors (Lipinski definition) is 2. The summed E-state index contributed by atoms with van der Waals surface area (Å²) in [6.45, 7) is 5.72. The molecule has 0 fully saturated rings. The van der Waals surface area contributed by atoms with Crippen molar-refractivity contribution in [2.75, 3.05) is 11.1 Å². The van der Waals surface area contributed by atoms with Gasteiger partial charge in [-0.05, 0) is 19.4 Å². The van der Waals surface area contributed by atoms with Crippen LogP contribution in [0.5, 0.6) is 0 Å². The molecule has 0 aliphatic rings. The van der Waals surface area contributed by atoms with E-state index in [9.17, 15) is 0 Å². The topological polar surface area (TPSA) is 63.8 Å². The third-order valence-electron chi connectivity index (χ3n) is 1.59. The molecule has 0 aromatic carbocycles. The first-order chi connectivity index (χ1) is 6.22. The Labute approximate surface area is 77.9 Å². The van der Waals surface area contributed by atoms with Crippen molar-refractivity contribution >= 4 is 11.8 Å². The summed E-state index contributed by atoms with van der Waals surface area (Å²) in [7, 11) is 0. The van der Waals surface area contributed by atoms with E-state index in [1.54, 1.807) is 12.3 Å². The van der Waals surface area contributed by atoms with E-state index in [-0.39, 0.29) is 5.95 Å². The Morgan fingerprint density at radius 3 is 3.15 bits per heavy atom. The van der Waals surface area contributed by atoms with Gasteiger partial charge in [0.1, 0.15) is 5.82 Å². The summed E-state index contributed by atoms with van der Waals surface area (Å²) >= 11 is 0.